The molecule has 1 unspecified atom stereocenters. The van der Waals surface area contributed by atoms with Crippen LogP contribution in [0, 0.1) is 12.7 Å². The lowest BCUT2D eigenvalue weighted by Crippen LogP contribution is -2.20. The largest absolute Gasteiger partial charge is 0.389 e. The van der Waals surface area contributed by atoms with E-state index in [0.29, 0.717) is 17.8 Å². The maximum Gasteiger partial charge on any atom is 0.131 e. The molecule has 0 aliphatic carbocycles. The summed E-state index contributed by atoms with van der Waals surface area (Å²) in [4.78, 5) is 6.33. The minimum atomic E-state index is -0.848. The highest BCUT2D eigenvalue weighted by molar-refractivity contribution is 5.54. The molecule has 1 aromatic heterocycles. The Balaban J connectivity index is 2.30. The van der Waals surface area contributed by atoms with Gasteiger partial charge in [-0.1, -0.05) is 12.1 Å². The van der Waals surface area contributed by atoms with Gasteiger partial charge in [0, 0.05) is 24.0 Å². The van der Waals surface area contributed by atoms with Gasteiger partial charge in [0.25, 0.3) is 0 Å². The molecule has 0 amide bonds. The topological polar surface area (TPSA) is 36.4 Å². The highest BCUT2D eigenvalue weighted by atomic mass is 19.1. The molecule has 0 fully saturated rings. The first-order valence-corrected chi connectivity index (χ1v) is 6.59. The van der Waals surface area contributed by atoms with Gasteiger partial charge in [-0.15, -0.1) is 0 Å². The van der Waals surface area contributed by atoms with E-state index in [2.05, 4.69) is 4.98 Å². The third kappa shape index (κ3) is 3.14. The number of aliphatic hydroxyl groups is 1. The van der Waals surface area contributed by atoms with E-state index in [4.69, 9.17) is 0 Å². The Kier molecular flexibility index (Phi) is 4.35. The summed E-state index contributed by atoms with van der Waals surface area (Å²) in [5.74, 6) is -0.387. The second-order valence-electron chi connectivity index (χ2n) is 4.97. The van der Waals surface area contributed by atoms with Crippen molar-refractivity contribution in [3.8, 4) is 0 Å². The van der Waals surface area contributed by atoms with Crippen LogP contribution in [0.4, 0.5) is 10.1 Å². The fourth-order valence-corrected chi connectivity index (χ4v) is 2.29. The molecule has 2 rings (SSSR count). The number of anilines is 1. The number of aromatic nitrogens is 1. The Morgan fingerprint density at radius 3 is 2.60 bits per heavy atom. The fourth-order valence-electron chi connectivity index (χ4n) is 2.29. The minimum Gasteiger partial charge on any atom is -0.389 e. The van der Waals surface area contributed by atoms with Crippen molar-refractivity contribution in [1.82, 2.24) is 4.98 Å². The zero-order valence-electron chi connectivity index (χ0n) is 12.0. The molecule has 0 aliphatic rings. The summed E-state index contributed by atoms with van der Waals surface area (Å²) in [5, 5.41) is 9.76. The molecule has 1 aromatic carbocycles. The molecule has 1 atom stereocenters. The van der Waals surface area contributed by atoms with E-state index in [-0.39, 0.29) is 5.82 Å². The highest BCUT2D eigenvalue weighted by Gasteiger charge is 2.16. The third-order valence-electron chi connectivity index (χ3n) is 3.20. The predicted octanol–water partition coefficient (Wildman–Crippen LogP) is 3.22. The normalized spacial score (nSPS) is 12.2. The molecular formula is C16H19FN2O. The first-order chi connectivity index (χ1) is 9.49. The minimum absolute atomic E-state index is 0.322. The number of rotatable bonds is 4. The molecule has 106 valence electrons. The predicted molar refractivity (Wildman–Crippen MR) is 78.1 cm³/mol. The SMILES string of the molecule is Cc1cccc(CN(C)c2cccc(F)c2C(C)O)n1. The van der Waals surface area contributed by atoms with Crippen molar-refractivity contribution in [1.29, 1.82) is 0 Å². The van der Waals surface area contributed by atoms with Crippen LogP contribution in [0.5, 0.6) is 0 Å². The molecule has 1 N–H and O–H groups in total. The second-order valence-corrected chi connectivity index (χ2v) is 4.97. The van der Waals surface area contributed by atoms with Crippen LogP contribution in [0.15, 0.2) is 36.4 Å². The van der Waals surface area contributed by atoms with Crippen LogP contribution in [0.1, 0.15) is 30.0 Å². The molecule has 2 aromatic rings. The first kappa shape index (κ1) is 14.5. The average molecular weight is 274 g/mol. The number of benzene rings is 1. The van der Waals surface area contributed by atoms with Gasteiger partial charge in [0.1, 0.15) is 5.82 Å². The maximum atomic E-state index is 13.9. The second kappa shape index (κ2) is 6.01. The number of hydrogen-bond donors (Lipinski definition) is 1. The van der Waals surface area contributed by atoms with Gasteiger partial charge in [-0.3, -0.25) is 4.98 Å². The number of aliphatic hydroxyl groups excluding tert-OH is 1. The fraction of sp³-hybridized carbons (Fsp3) is 0.312. The Hall–Kier alpha value is -1.94. The van der Waals surface area contributed by atoms with E-state index in [1.807, 2.05) is 37.1 Å². The molecule has 0 radical (unpaired) electrons. The molecule has 0 saturated heterocycles. The van der Waals surface area contributed by atoms with Crippen molar-refractivity contribution >= 4 is 5.69 Å². The van der Waals surface area contributed by atoms with Crippen LogP contribution >= 0.6 is 0 Å². The van der Waals surface area contributed by atoms with Gasteiger partial charge < -0.3 is 10.0 Å². The highest BCUT2D eigenvalue weighted by Crippen LogP contribution is 2.28. The first-order valence-electron chi connectivity index (χ1n) is 6.59. The summed E-state index contributed by atoms with van der Waals surface area (Å²) < 4.78 is 13.9. The average Bonchev–Trinajstić information content (AvgIpc) is 2.37. The lowest BCUT2D eigenvalue weighted by atomic mass is 10.1. The molecule has 0 spiro atoms. The van der Waals surface area contributed by atoms with Crippen LogP contribution in [0.25, 0.3) is 0 Å². The Labute approximate surface area is 118 Å². The van der Waals surface area contributed by atoms with Gasteiger partial charge in [0.05, 0.1) is 18.3 Å². The van der Waals surface area contributed by atoms with Crippen LogP contribution < -0.4 is 4.90 Å². The molecule has 3 nitrogen and oxygen atoms in total. The van der Waals surface area contributed by atoms with Gasteiger partial charge in [-0.05, 0) is 38.1 Å². The molecule has 0 saturated carbocycles. The van der Waals surface area contributed by atoms with Gasteiger partial charge in [0.2, 0.25) is 0 Å². The Bertz CT molecular complexity index is 599. The third-order valence-corrected chi connectivity index (χ3v) is 3.20. The number of hydrogen-bond acceptors (Lipinski definition) is 3. The van der Waals surface area contributed by atoms with Gasteiger partial charge in [-0.25, -0.2) is 4.39 Å². The van der Waals surface area contributed by atoms with E-state index in [0.717, 1.165) is 11.4 Å². The summed E-state index contributed by atoms with van der Waals surface area (Å²) in [7, 11) is 1.87. The quantitative estimate of drug-likeness (QED) is 0.930. The van der Waals surface area contributed by atoms with E-state index in [1.165, 1.54) is 6.07 Å². The van der Waals surface area contributed by atoms with Crippen molar-refractivity contribution in [2.45, 2.75) is 26.5 Å². The van der Waals surface area contributed by atoms with Crippen LogP contribution in [0.3, 0.4) is 0 Å². The van der Waals surface area contributed by atoms with Crippen molar-refractivity contribution in [2.75, 3.05) is 11.9 Å². The van der Waals surface area contributed by atoms with Crippen LogP contribution in [-0.4, -0.2) is 17.1 Å². The molecule has 0 aliphatic heterocycles. The molecular weight excluding hydrogens is 255 g/mol. The summed E-state index contributed by atoms with van der Waals surface area (Å²) in [5.41, 5.74) is 2.87. The van der Waals surface area contributed by atoms with Crippen molar-refractivity contribution in [2.24, 2.45) is 0 Å². The number of halogens is 1. The maximum absolute atomic E-state index is 13.9. The zero-order chi connectivity index (χ0) is 14.7. The summed E-state index contributed by atoms with van der Waals surface area (Å²) in [6.45, 7) is 4.07. The van der Waals surface area contributed by atoms with Crippen LogP contribution in [-0.2, 0) is 6.54 Å². The van der Waals surface area contributed by atoms with Gasteiger partial charge in [0.15, 0.2) is 0 Å². The van der Waals surface area contributed by atoms with E-state index >= 15 is 0 Å². The number of aryl methyl sites for hydroxylation is 1. The summed E-state index contributed by atoms with van der Waals surface area (Å²) >= 11 is 0. The number of nitrogens with zero attached hydrogens (tertiary/aromatic N) is 2. The van der Waals surface area contributed by atoms with Gasteiger partial charge in [-0.2, -0.15) is 0 Å². The van der Waals surface area contributed by atoms with Gasteiger partial charge >= 0.3 is 0 Å². The molecule has 4 heteroatoms. The Morgan fingerprint density at radius 1 is 1.25 bits per heavy atom. The monoisotopic (exact) mass is 274 g/mol. The lowest BCUT2D eigenvalue weighted by molar-refractivity contribution is 0.194. The molecule has 20 heavy (non-hydrogen) atoms. The van der Waals surface area contributed by atoms with E-state index in [1.54, 1.807) is 19.1 Å². The van der Waals surface area contributed by atoms with Crippen molar-refractivity contribution in [3.05, 3.63) is 59.2 Å². The van der Waals surface area contributed by atoms with Crippen molar-refractivity contribution in [3.63, 3.8) is 0 Å². The zero-order valence-corrected chi connectivity index (χ0v) is 12.0. The van der Waals surface area contributed by atoms with Crippen molar-refractivity contribution < 1.29 is 9.50 Å². The van der Waals surface area contributed by atoms with E-state index in [9.17, 15) is 9.50 Å². The molecule has 1 heterocycles. The lowest BCUT2D eigenvalue weighted by Gasteiger charge is -2.23. The molecule has 0 bridgehead atoms. The Morgan fingerprint density at radius 2 is 1.95 bits per heavy atom. The smallest absolute Gasteiger partial charge is 0.131 e. The summed E-state index contributed by atoms with van der Waals surface area (Å²) in [6, 6.07) is 10.6. The summed E-state index contributed by atoms with van der Waals surface area (Å²) in [6.07, 6.45) is -0.848. The number of pyridine rings is 1. The van der Waals surface area contributed by atoms with E-state index < -0.39 is 6.10 Å². The van der Waals surface area contributed by atoms with Crippen LogP contribution in [0.2, 0.25) is 0 Å². The standard InChI is InChI=1S/C16H19FN2O/c1-11-6-4-7-13(18-11)10-19(3)15-9-5-8-14(17)16(15)12(2)20/h4-9,12,20H,10H2,1-3H3.